The number of carbonyl (C=O) groups is 2. The summed E-state index contributed by atoms with van der Waals surface area (Å²) >= 11 is 0. The van der Waals surface area contributed by atoms with Gasteiger partial charge < -0.3 is 10.6 Å². The molecule has 112 valence electrons. The summed E-state index contributed by atoms with van der Waals surface area (Å²) in [6, 6.07) is 14.6. The second kappa shape index (κ2) is 7.17. The van der Waals surface area contributed by atoms with E-state index in [2.05, 4.69) is 15.6 Å². The standard InChI is InChI=1S/C17H17N3O2/c1-12(21)19-16-5-3-14(4-6-16)11-18-15-7-9-17(10-8-15)20-13(2)22/h3-11H,1-2H3,(H,19,21)(H,20,22). The van der Waals surface area contributed by atoms with Gasteiger partial charge in [-0.05, 0) is 42.0 Å². The highest BCUT2D eigenvalue weighted by Crippen LogP contribution is 2.16. The van der Waals surface area contributed by atoms with Gasteiger partial charge in [0.15, 0.2) is 0 Å². The Morgan fingerprint density at radius 2 is 1.27 bits per heavy atom. The fraction of sp³-hybridized carbons (Fsp3) is 0.118. The van der Waals surface area contributed by atoms with Crippen LogP contribution in [0.4, 0.5) is 17.1 Å². The summed E-state index contributed by atoms with van der Waals surface area (Å²) in [6.45, 7) is 2.94. The van der Waals surface area contributed by atoms with Crippen molar-refractivity contribution in [1.82, 2.24) is 0 Å². The molecule has 0 heterocycles. The maximum absolute atomic E-state index is 10.9. The Morgan fingerprint density at radius 3 is 1.73 bits per heavy atom. The summed E-state index contributed by atoms with van der Waals surface area (Å²) in [5, 5.41) is 5.41. The molecule has 0 spiro atoms. The Bertz CT molecular complexity index is 627. The molecule has 0 aliphatic heterocycles. The lowest BCUT2D eigenvalue weighted by molar-refractivity contribution is -0.115. The van der Waals surface area contributed by atoms with Crippen LogP contribution in [0.2, 0.25) is 0 Å². The number of hydrogen-bond acceptors (Lipinski definition) is 3. The van der Waals surface area contributed by atoms with Crippen molar-refractivity contribution in [3.8, 4) is 0 Å². The third-order valence-corrected chi connectivity index (χ3v) is 2.78. The molecule has 2 aromatic carbocycles. The zero-order valence-corrected chi connectivity index (χ0v) is 12.5. The van der Waals surface area contributed by atoms with E-state index in [9.17, 15) is 9.59 Å². The van der Waals surface area contributed by atoms with Crippen LogP contribution < -0.4 is 10.6 Å². The number of nitrogens with one attached hydrogen (secondary N) is 2. The number of rotatable bonds is 4. The third-order valence-electron chi connectivity index (χ3n) is 2.78. The van der Waals surface area contributed by atoms with E-state index in [0.717, 1.165) is 22.6 Å². The van der Waals surface area contributed by atoms with Crippen LogP contribution in [0.1, 0.15) is 19.4 Å². The number of aliphatic imine (C=N–C) groups is 1. The van der Waals surface area contributed by atoms with Crippen molar-refractivity contribution >= 4 is 35.1 Å². The van der Waals surface area contributed by atoms with Crippen LogP contribution in [0.5, 0.6) is 0 Å². The van der Waals surface area contributed by atoms with Crippen molar-refractivity contribution in [2.75, 3.05) is 10.6 Å². The summed E-state index contributed by atoms with van der Waals surface area (Å²) in [5.74, 6) is -0.198. The molecule has 2 aromatic rings. The smallest absolute Gasteiger partial charge is 0.221 e. The summed E-state index contributed by atoms with van der Waals surface area (Å²) in [6.07, 6.45) is 1.74. The van der Waals surface area contributed by atoms with Gasteiger partial charge in [-0.3, -0.25) is 14.6 Å². The molecule has 0 fully saturated rings. The fourth-order valence-corrected chi connectivity index (χ4v) is 1.84. The molecule has 22 heavy (non-hydrogen) atoms. The summed E-state index contributed by atoms with van der Waals surface area (Å²) in [5.41, 5.74) is 3.22. The predicted octanol–water partition coefficient (Wildman–Crippen LogP) is 3.35. The van der Waals surface area contributed by atoms with E-state index < -0.39 is 0 Å². The largest absolute Gasteiger partial charge is 0.326 e. The maximum Gasteiger partial charge on any atom is 0.221 e. The quantitative estimate of drug-likeness (QED) is 0.849. The molecule has 0 aliphatic rings. The minimum Gasteiger partial charge on any atom is -0.326 e. The van der Waals surface area contributed by atoms with Gasteiger partial charge in [0.2, 0.25) is 11.8 Å². The Morgan fingerprint density at radius 1 is 0.818 bits per heavy atom. The van der Waals surface area contributed by atoms with Gasteiger partial charge >= 0.3 is 0 Å². The van der Waals surface area contributed by atoms with E-state index in [1.54, 1.807) is 18.3 Å². The lowest BCUT2D eigenvalue weighted by Crippen LogP contribution is -2.05. The lowest BCUT2D eigenvalue weighted by atomic mass is 10.2. The molecule has 0 aromatic heterocycles. The summed E-state index contributed by atoms with van der Waals surface area (Å²) in [7, 11) is 0. The molecular weight excluding hydrogens is 278 g/mol. The van der Waals surface area contributed by atoms with Crippen molar-refractivity contribution in [2.45, 2.75) is 13.8 Å². The number of nitrogens with zero attached hydrogens (tertiary/aromatic N) is 1. The summed E-state index contributed by atoms with van der Waals surface area (Å²) in [4.78, 5) is 26.2. The molecule has 0 bridgehead atoms. The van der Waals surface area contributed by atoms with E-state index >= 15 is 0 Å². The molecule has 0 unspecified atom stereocenters. The topological polar surface area (TPSA) is 70.6 Å². The number of amides is 2. The van der Waals surface area contributed by atoms with Crippen molar-refractivity contribution in [1.29, 1.82) is 0 Å². The van der Waals surface area contributed by atoms with E-state index in [1.165, 1.54) is 13.8 Å². The van der Waals surface area contributed by atoms with Crippen molar-refractivity contribution < 1.29 is 9.59 Å². The van der Waals surface area contributed by atoms with Crippen LogP contribution in [-0.2, 0) is 9.59 Å². The molecule has 5 nitrogen and oxygen atoms in total. The Hall–Kier alpha value is -2.95. The summed E-state index contributed by atoms with van der Waals surface area (Å²) < 4.78 is 0. The van der Waals surface area contributed by atoms with Crippen molar-refractivity contribution in [2.24, 2.45) is 4.99 Å². The Labute approximate surface area is 129 Å². The van der Waals surface area contributed by atoms with E-state index in [1.807, 2.05) is 36.4 Å². The van der Waals surface area contributed by atoms with Gasteiger partial charge in [0.1, 0.15) is 0 Å². The predicted molar refractivity (Wildman–Crippen MR) is 88.7 cm³/mol. The average Bonchev–Trinajstić information content (AvgIpc) is 2.47. The highest BCUT2D eigenvalue weighted by molar-refractivity contribution is 5.90. The van der Waals surface area contributed by atoms with Gasteiger partial charge in [-0.2, -0.15) is 0 Å². The number of anilines is 2. The molecule has 0 atom stereocenters. The van der Waals surface area contributed by atoms with E-state index in [4.69, 9.17) is 0 Å². The first-order chi connectivity index (χ1) is 10.5. The maximum atomic E-state index is 10.9. The molecule has 0 saturated heterocycles. The molecule has 2 amide bonds. The molecule has 0 saturated carbocycles. The molecule has 0 aliphatic carbocycles. The normalized spacial score (nSPS) is 10.5. The van der Waals surface area contributed by atoms with Gasteiger partial charge in [-0.1, -0.05) is 12.1 Å². The average molecular weight is 295 g/mol. The molecular formula is C17H17N3O2. The lowest BCUT2D eigenvalue weighted by Gasteiger charge is -2.02. The minimum atomic E-state index is -0.101. The molecule has 5 heteroatoms. The first kappa shape index (κ1) is 15.4. The highest BCUT2D eigenvalue weighted by Gasteiger charge is 1.96. The van der Waals surface area contributed by atoms with Gasteiger partial charge in [0, 0.05) is 31.4 Å². The van der Waals surface area contributed by atoms with Gasteiger partial charge in [-0.25, -0.2) is 0 Å². The van der Waals surface area contributed by atoms with Crippen LogP contribution in [0.3, 0.4) is 0 Å². The first-order valence-corrected chi connectivity index (χ1v) is 6.82. The second-order valence-electron chi connectivity index (χ2n) is 4.79. The molecule has 0 radical (unpaired) electrons. The minimum absolute atomic E-state index is 0.0966. The highest BCUT2D eigenvalue weighted by atomic mass is 16.2. The van der Waals surface area contributed by atoms with Crippen LogP contribution in [0.25, 0.3) is 0 Å². The van der Waals surface area contributed by atoms with Gasteiger partial charge in [0.25, 0.3) is 0 Å². The van der Waals surface area contributed by atoms with E-state index in [-0.39, 0.29) is 11.8 Å². The third kappa shape index (κ3) is 4.86. The zero-order valence-electron chi connectivity index (χ0n) is 12.5. The van der Waals surface area contributed by atoms with Gasteiger partial charge in [0.05, 0.1) is 5.69 Å². The number of benzene rings is 2. The van der Waals surface area contributed by atoms with Crippen molar-refractivity contribution in [3.05, 3.63) is 54.1 Å². The molecule has 2 N–H and O–H groups in total. The van der Waals surface area contributed by atoms with Crippen molar-refractivity contribution in [3.63, 3.8) is 0 Å². The van der Waals surface area contributed by atoms with Gasteiger partial charge in [-0.15, -0.1) is 0 Å². The number of hydrogen-bond donors (Lipinski definition) is 2. The SMILES string of the molecule is CC(=O)Nc1ccc(C=Nc2ccc(NC(C)=O)cc2)cc1. The van der Waals surface area contributed by atoms with Crippen LogP contribution in [-0.4, -0.2) is 18.0 Å². The first-order valence-electron chi connectivity index (χ1n) is 6.82. The van der Waals surface area contributed by atoms with E-state index in [0.29, 0.717) is 0 Å². The van der Waals surface area contributed by atoms with Crippen LogP contribution >= 0.6 is 0 Å². The number of carbonyl (C=O) groups excluding carboxylic acids is 2. The Balaban J connectivity index is 2.01. The molecule has 2 rings (SSSR count). The Kier molecular flexibility index (Phi) is 5.03. The van der Waals surface area contributed by atoms with Crippen LogP contribution in [0.15, 0.2) is 53.5 Å². The zero-order chi connectivity index (χ0) is 15.9. The van der Waals surface area contributed by atoms with Crippen LogP contribution in [0, 0.1) is 0 Å². The fourth-order valence-electron chi connectivity index (χ4n) is 1.84. The second-order valence-corrected chi connectivity index (χ2v) is 4.79. The monoisotopic (exact) mass is 295 g/mol.